The zero-order chi connectivity index (χ0) is 20.1. The van der Waals surface area contributed by atoms with E-state index in [2.05, 4.69) is 10.00 Å². The molecule has 28 heavy (non-hydrogen) atoms. The SMILES string of the molecule is CCOCC(=O)N1CCCN(c2ccc(=O)n(-c3ccc(C)c(C)c3)n2)CC1. The third-order valence-corrected chi connectivity index (χ3v) is 5.12. The van der Waals surface area contributed by atoms with Gasteiger partial charge in [-0.15, -0.1) is 5.10 Å². The van der Waals surface area contributed by atoms with Crippen LogP contribution >= 0.6 is 0 Å². The number of hydrogen-bond acceptors (Lipinski definition) is 5. The van der Waals surface area contributed by atoms with Gasteiger partial charge in [-0.25, -0.2) is 0 Å². The molecule has 1 saturated heterocycles. The lowest BCUT2D eigenvalue weighted by Crippen LogP contribution is -2.37. The molecule has 1 aromatic heterocycles. The summed E-state index contributed by atoms with van der Waals surface area (Å²) in [5.74, 6) is 0.772. The van der Waals surface area contributed by atoms with Gasteiger partial charge in [-0.3, -0.25) is 9.59 Å². The zero-order valence-electron chi connectivity index (χ0n) is 16.9. The van der Waals surface area contributed by atoms with Crippen LogP contribution in [0.5, 0.6) is 0 Å². The zero-order valence-corrected chi connectivity index (χ0v) is 16.9. The Balaban J connectivity index is 1.78. The van der Waals surface area contributed by atoms with Crippen LogP contribution in [-0.2, 0) is 9.53 Å². The van der Waals surface area contributed by atoms with Crippen molar-refractivity contribution < 1.29 is 9.53 Å². The molecule has 0 N–H and O–H groups in total. The number of nitrogens with zero attached hydrogens (tertiary/aromatic N) is 4. The van der Waals surface area contributed by atoms with Crippen molar-refractivity contribution in [2.45, 2.75) is 27.2 Å². The van der Waals surface area contributed by atoms with E-state index in [0.29, 0.717) is 26.2 Å². The first kappa shape index (κ1) is 20.1. The number of aromatic nitrogens is 2. The van der Waals surface area contributed by atoms with Crippen molar-refractivity contribution in [3.8, 4) is 5.69 Å². The molecule has 3 rings (SSSR count). The van der Waals surface area contributed by atoms with E-state index in [1.165, 1.54) is 10.2 Å². The second-order valence-corrected chi connectivity index (χ2v) is 7.07. The molecule has 0 aliphatic carbocycles. The maximum atomic E-state index is 12.4. The number of rotatable bonds is 5. The number of anilines is 1. The Bertz CT molecular complexity index is 893. The first-order valence-electron chi connectivity index (χ1n) is 9.78. The highest BCUT2D eigenvalue weighted by molar-refractivity contribution is 5.77. The van der Waals surface area contributed by atoms with Gasteiger partial charge in [-0.1, -0.05) is 6.07 Å². The Morgan fingerprint density at radius 3 is 2.64 bits per heavy atom. The van der Waals surface area contributed by atoms with Gasteiger partial charge in [0.05, 0.1) is 5.69 Å². The van der Waals surface area contributed by atoms with E-state index >= 15 is 0 Å². The topological polar surface area (TPSA) is 67.7 Å². The first-order valence-corrected chi connectivity index (χ1v) is 9.78. The highest BCUT2D eigenvalue weighted by Gasteiger charge is 2.20. The maximum absolute atomic E-state index is 12.4. The molecule has 1 aliphatic heterocycles. The number of amides is 1. The highest BCUT2D eigenvalue weighted by atomic mass is 16.5. The standard InChI is InChI=1S/C21H28N4O3/c1-4-28-15-21(27)24-11-5-10-23(12-13-24)19-8-9-20(26)25(22-19)18-7-6-16(2)17(3)14-18/h6-9,14H,4-5,10-13,15H2,1-3H3. The third kappa shape index (κ3) is 4.59. The molecule has 2 aromatic rings. The Labute approximate surface area is 165 Å². The summed E-state index contributed by atoms with van der Waals surface area (Å²) in [5, 5.41) is 4.60. The highest BCUT2D eigenvalue weighted by Crippen LogP contribution is 2.16. The average Bonchev–Trinajstić information content (AvgIpc) is 2.95. The second-order valence-electron chi connectivity index (χ2n) is 7.07. The number of ether oxygens (including phenoxy) is 1. The third-order valence-electron chi connectivity index (χ3n) is 5.12. The van der Waals surface area contributed by atoms with Crippen molar-refractivity contribution in [2.75, 3.05) is 44.3 Å². The predicted octanol–water partition coefficient (Wildman–Crippen LogP) is 1.92. The first-order chi connectivity index (χ1) is 13.5. The van der Waals surface area contributed by atoms with E-state index < -0.39 is 0 Å². The minimum atomic E-state index is -0.157. The van der Waals surface area contributed by atoms with Crippen LogP contribution in [0.2, 0.25) is 0 Å². The molecule has 0 unspecified atom stereocenters. The fourth-order valence-corrected chi connectivity index (χ4v) is 3.29. The number of aryl methyl sites for hydroxylation is 2. The largest absolute Gasteiger partial charge is 0.372 e. The van der Waals surface area contributed by atoms with Crippen LogP contribution in [0, 0.1) is 13.8 Å². The van der Waals surface area contributed by atoms with E-state index in [1.807, 2.05) is 43.9 Å². The molecule has 0 saturated carbocycles. The fraction of sp³-hybridized carbons (Fsp3) is 0.476. The van der Waals surface area contributed by atoms with E-state index in [0.717, 1.165) is 30.0 Å². The summed E-state index contributed by atoms with van der Waals surface area (Å²) in [5.41, 5.74) is 2.90. The van der Waals surface area contributed by atoms with Crippen LogP contribution in [0.4, 0.5) is 5.82 Å². The van der Waals surface area contributed by atoms with Crippen molar-refractivity contribution in [1.82, 2.24) is 14.7 Å². The lowest BCUT2D eigenvalue weighted by Gasteiger charge is -2.23. The quantitative estimate of drug-likeness (QED) is 0.788. The molecular formula is C21H28N4O3. The molecule has 0 bridgehead atoms. The van der Waals surface area contributed by atoms with Gasteiger partial charge in [-0.2, -0.15) is 4.68 Å². The summed E-state index contributed by atoms with van der Waals surface area (Å²) in [6.07, 6.45) is 0.850. The van der Waals surface area contributed by atoms with Gasteiger partial charge in [0, 0.05) is 38.9 Å². The smallest absolute Gasteiger partial charge is 0.271 e. The molecule has 2 heterocycles. The number of carbonyl (C=O) groups excluding carboxylic acids is 1. The van der Waals surface area contributed by atoms with E-state index in [9.17, 15) is 9.59 Å². The maximum Gasteiger partial charge on any atom is 0.271 e. The Morgan fingerprint density at radius 1 is 1.07 bits per heavy atom. The van der Waals surface area contributed by atoms with Gasteiger partial charge < -0.3 is 14.5 Å². The van der Waals surface area contributed by atoms with Crippen LogP contribution in [0.15, 0.2) is 35.1 Å². The number of benzene rings is 1. The van der Waals surface area contributed by atoms with Crippen LogP contribution < -0.4 is 10.5 Å². The fourth-order valence-electron chi connectivity index (χ4n) is 3.29. The Kier molecular flexibility index (Phi) is 6.46. The molecule has 1 fully saturated rings. The molecule has 1 aromatic carbocycles. The minimum absolute atomic E-state index is 0.0248. The van der Waals surface area contributed by atoms with Gasteiger partial charge >= 0.3 is 0 Å². The van der Waals surface area contributed by atoms with Gasteiger partial charge in [0.1, 0.15) is 12.4 Å². The lowest BCUT2D eigenvalue weighted by molar-refractivity contribution is -0.135. The van der Waals surface area contributed by atoms with Gasteiger partial charge in [0.2, 0.25) is 5.91 Å². The molecule has 0 spiro atoms. The van der Waals surface area contributed by atoms with Crippen LogP contribution in [-0.4, -0.2) is 60.0 Å². The van der Waals surface area contributed by atoms with Crippen LogP contribution in [0.1, 0.15) is 24.5 Å². The molecular weight excluding hydrogens is 356 g/mol. The molecule has 0 atom stereocenters. The van der Waals surface area contributed by atoms with Gasteiger partial charge in [-0.05, 0) is 56.5 Å². The normalized spacial score (nSPS) is 14.8. The Hall–Kier alpha value is -2.67. The molecule has 7 heteroatoms. The minimum Gasteiger partial charge on any atom is -0.372 e. The Morgan fingerprint density at radius 2 is 1.89 bits per heavy atom. The van der Waals surface area contributed by atoms with Crippen molar-refractivity contribution >= 4 is 11.7 Å². The number of hydrogen-bond donors (Lipinski definition) is 0. The lowest BCUT2D eigenvalue weighted by atomic mass is 10.1. The summed E-state index contributed by atoms with van der Waals surface area (Å²) in [4.78, 5) is 28.6. The van der Waals surface area contributed by atoms with E-state index in [-0.39, 0.29) is 18.1 Å². The molecule has 0 radical (unpaired) electrons. The van der Waals surface area contributed by atoms with Gasteiger partial charge in [0.25, 0.3) is 5.56 Å². The molecule has 1 aliphatic rings. The summed E-state index contributed by atoms with van der Waals surface area (Å²) in [6.45, 7) is 9.41. The van der Waals surface area contributed by atoms with Gasteiger partial charge in [0.15, 0.2) is 0 Å². The van der Waals surface area contributed by atoms with E-state index in [1.54, 1.807) is 12.1 Å². The summed E-state index contributed by atoms with van der Waals surface area (Å²) in [7, 11) is 0. The molecule has 1 amide bonds. The predicted molar refractivity (Wildman–Crippen MR) is 109 cm³/mol. The molecule has 7 nitrogen and oxygen atoms in total. The van der Waals surface area contributed by atoms with Crippen molar-refractivity contribution in [3.05, 3.63) is 51.8 Å². The van der Waals surface area contributed by atoms with Crippen LogP contribution in [0.3, 0.4) is 0 Å². The second kappa shape index (κ2) is 9.01. The number of carbonyl (C=O) groups is 1. The monoisotopic (exact) mass is 384 g/mol. The molecule has 150 valence electrons. The van der Waals surface area contributed by atoms with E-state index in [4.69, 9.17) is 4.74 Å². The van der Waals surface area contributed by atoms with Crippen molar-refractivity contribution in [3.63, 3.8) is 0 Å². The average molecular weight is 384 g/mol. The summed E-state index contributed by atoms with van der Waals surface area (Å²) < 4.78 is 6.69. The summed E-state index contributed by atoms with van der Waals surface area (Å²) in [6, 6.07) is 9.21. The van der Waals surface area contributed by atoms with Crippen molar-refractivity contribution in [1.29, 1.82) is 0 Å². The summed E-state index contributed by atoms with van der Waals surface area (Å²) >= 11 is 0. The van der Waals surface area contributed by atoms with Crippen molar-refractivity contribution in [2.24, 2.45) is 0 Å². The van der Waals surface area contributed by atoms with Crippen LogP contribution in [0.25, 0.3) is 5.69 Å².